The lowest BCUT2D eigenvalue weighted by Crippen LogP contribution is -2.30. The van der Waals surface area contributed by atoms with E-state index in [0.717, 1.165) is 12.8 Å². The van der Waals surface area contributed by atoms with Crippen LogP contribution in [0, 0.1) is 0 Å². The summed E-state index contributed by atoms with van der Waals surface area (Å²) in [7, 11) is 1.58. The SMILES string of the molecule is CCCCOc1ccc(OC)cc1NC(=O)CCCC(=O)NC(C)C. The second-order valence-electron chi connectivity index (χ2n) is 6.19. The molecule has 0 saturated carbocycles. The van der Waals surface area contributed by atoms with Crippen molar-refractivity contribution >= 4 is 17.5 Å². The molecule has 0 aliphatic carbocycles. The molecule has 1 rings (SSSR count). The molecule has 0 aromatic heterocycles. The summed E-state index contributed by atoms with van der Waals surface area (Å²) in [5.74, 6) is 1.09. The zero-order chi connectivity index (χ0) is 18.7. The first-order valence-electron chi connectivity index (χ1n) is 8.86. The number of carbonyl (C=O) groups excluding carboxylic acids is 2. The molecular weight excluding hydrogens is 320 g/mol. The van der Waals surface area contributed by atoms with Crippen LogP contribution in [0.25, 0.3) is 0 Å². The van der Waals surface area contributed by atoms with Crippen LogP contribution < -0.4 is 20.1 Å². The van der Waals surface area contributed by atoms with Gasteiger partial charge in [-0.2, -0.15) is 0 Å². The van der Waals surface area contributed by atoms with Gasteiger partial charge in [0.1, 0.15) is 11.5 Å². The maximum Gasteiger partial charge on any atom is 0.224 e. The first-order valence-corrected chi connectivity index (χ1v) is 8.86. The van der Waals surface area contributed by atoms with Crippen molar-refractivity contribution in [3.05, 3.63) is 18.2 Å². The van der Waals surface area contributed by atoms with Crippen molar-refractivity contribution in [3.63, 3.8) is 0 Å². The maximum absolute atomic E-state index is 12.2. The molecule has 0 heterocycles. The van der Waals surface area contributed by atoms with Crippen LogP contribution in [0.5, 0.6) is 11.5 Å². The van der Waals surface area contributed by atoms with Crippen LogP contribution in [0.1, 0.15) is 52.9 Å². The molecule has 6 heteroatoms. The molecule has 0 aliphatic heterocycles. The predicted molar refractivity (Wildman–Crippen MR) is 99.2 cm³/mol. The molecule has 2 N–H and O–H groups in total. The van der Waals surface area contributed by atoms with Crippen molar-refractivity contribution in [2.75, 3.05) is 19.0 Å². The summed E-state index contributed by atoms with van der Waals surface area (Å²) in [6.07, 6.45) is 3.10. The highest BCUT2D eigenvalue weighted by Crippen LogP contribution is 2.29. The Balaban J connectivity index is 2.57. The minimum Gasteiger partial charge on any atom is -0.497 e. The fourth-order valence-electron chi connectivity index (χ4n) is 2.20. The topological polar surface area (TPSA) is 76.7 Å². The largest absolute Gasteiger partial charge is 0.497 e. The second-order valence-corrected chi connectivity index (χ2v) is 6.19. The number of unbranched alkanes of at least 4 members (excludes halogenated alkanes) is 1. The first-order chi connectivity index (χ1) is 12.0. The Morgan fingerprint density at radius 1 is 1.12 bits per heavy atom. The normalized spacial score (nSPS) is 10.4. The standard InChI is InChI=1S/C19H30N2O4/c1-5-6-12-25-17-11-10-15(24-4)13-16(17)21-19(23)9-7-8-18(22)20-14(2)3/h10-11,13-14H,5-9,12H2,1-4H3,(H,20,22)(H,21,23). The first kappa shape index (κ1) is 20.8. The summed E-state index contributed by atoms with van der Waals surface area (Å²) < 4.78 is 10.9. The Kier molecular flexibility index (Phi) is 9.43. The van der Waals surface area contributed by atoms with Gasteiger partial charge in [0.2, 0.25) is 11.8 Å². The van der Waals surface area contributed by atoms with Gasteiger partial charge in [-0.25, -0.2) is 0 Å². The average Bonchev–Trinajstić information content (AvgIpc) is 2.55. The van der Waals surface area contributed by atoms with E-state index in [9.17, 15) is 9.59 Å². The molecule has 2 amide bonds. The van der Waals surface area contributed by atoms with Gasteiger partial charge in [0, 0.05) is 24.9 Å². The average molecular weight is 350 g/mol. The Morgan fingerprint density at radius 3 is 2.48 bits per heavy atom. The van der Waals surface area contributed by atoms with Crippen LogP contribution in [0.15, 0.2) is 18.2 Å². The molecular formula is C19H30N2O4. The molecule has 25 heavy (non-hydrogen) atoms. The number of nitrogens with one attached hydrogen (secondary N) is 2. The van der Waals surface area contributed by atoms with E-state index in [1.165, 1.54) is 0 Å². The molecule has 140 valence electrons. The number of carbonyl (C=O) groups is 2. The summed E-state index contributed by atoms with van der Waals surface area (Å²) in [5, 5.41) is 5.66. The van der Waals surface area contributed by atoms with Gasteiger partial charge >= 0.3 is 0 Å². The van der Waals surface area contributed by atoms with E-state index in [2.05, 4.69) is 17.6 Å². The van der Waals surface area contributed by atoms with Crippen LogP contribution in [0.4, 0.5) is 5.69 Å². The molecule has 1 aromatic carbocycles. The Bertz CT molecular complexity index is 558. The smallest absolute Gasteiger partial charge is 0.224 e. The van der Waals surface area contributed by atoms with E-state index in [-0.39, 0.29) is 24.3 Å². The lowest BCUT2D eigenvalue weighted by Gasteiger charge is -2.14. The van der Waals surface area contributed by atoms with E-state index in [4.69, 9.17) is 9.47 Å². The molecule has 1 aromatic rings. The van der Waals surface area contributed by atoms with Crippen LogP contribution in [0.3, 0.4) is 0 Å². The van der Waals surface area contributed by atoms with Gasteiger partial charge in [0.05, 0.1) is 19.4 Å². The molecule has 0 saturated heterocycles. The van der Waals surface area contributed by atoms with Crippen molar-refractivity contribution in [2.24, 2.45) is 0 Å². The molecule has 0 radical (unpaired) electrons. The van der Waals surface area contributed by atoms with E-state index < -0.39 is 0 Å². The van der Waals surface area contributed by atoms with Gasteiger partial charge in [-0.15, -0.1) is 0 Å². The second kappa shape index (κ2) is 11.3. The minimum absolute atomic E-state index is 0.0345. The molecule has 0 unspecified atom stereocenters. The summed E-state index contributed by atoms with van der Waals surface area (Å²) in [6, 6.07) is 5.44. The Hall–Kier alpha value is -2.24. The molecule has 6 nitrogen and oxygen atoms in total. The van der Waals surface area contributed by atoms with Crippen LogP contribution in [-0.4, -0.2) is 31.6 Å². The highest BCUT2D eigenvalue weighted by atomic mass is 16.5. The van der Waals surface area contributed by atoms with Gasteiger partial charge in [-0.1, -0.05) is 13.3 Å². The molecule has 0 spiro atoms. The third-order valence-corrected chi connectivity index (χ3v) is 3.47. The van der Waals surface area contributed by atoms with Crippen molar-refractivity contribution in [1.82, 2.24) is 5.32 Å². The van der Waals surface area contributed by atoms with Gasteiger partial charge in [0.15, 0.2) is 0 Å². The third-order valence-electron chi connectivity index (χ3n) is 3.47. The Morgan fingerprint density at radius 2 is 1.84 bits per heavy atom. The molecule has 0 fully saturated rings. The summed E-state index contributed by atoms with van der Waals surface area (Å²) in [6.45, 7) is 6.51. The van der Waals surface area contributed by atoms with Crippen LogP contribution in [-0.2, 0) is 9.59 Å². The van der Waals surface area contributed by atoms with E-state index in [1.807, 2.05) is 13.8 Å². The van der Waals surface area contributed by atoms with Crippen molar-refractivity contribution in [2.45, 2.75) is 58.9 Å². The van der Waals surface area contributed by atoms with E-state index in [0.29, 0.717) is 36.6 Å². The number of anilines is 1. The quantitative estimate of drug-likeness (QED) is 0.599. The minimum atomic E-state index is -0.147. The maximum atomic E-state index is 12.2. The summed E-state index contributed by atoms with van der Waals surface area (Å²) >= 11 is 0. The highest BCUT2D eigenvalue weighted by Gasteiger charge is 2.11. The van der Waals surface area contributed by atoms with Crippen molar-refractivity contribution < 1.29 is 19.1 Å². The zero-order valence-corrected chi connectivity index (χ0v) is 15.7. The van der Waals surface area contributed by atoms with Crippen molar-refractivity contribution in [3.8, 4) is 11.5 Å². The number of benzene rings is 1. The van der Waals surface area contributed by atoms with Gasteiger partial charge in [-0.3, -0.25) is 9.59 Å². The monoisotopic (exact) mass is 350 g/mol. The number of hydrogen-bond acceptors (Lipinski definition) is 4. The van der Waals surface area contributed by atoms with Crippen molar-refractivity contribution in [1.29, 1.82) is 0 Å². The predicted octanol–water partition coefficient (Wildman–Crippen LogP) is 3.51. The number of ether oxygens (including phenoxy) is 2. The highest BCUT2D eigenvalue weighted by molar-refractivity contribution is 5.92. The number of hydrogen-bond donors (Lipinski definition) is 2. The number of methoxy groups -OCH3 is 1. The van der Waals surface area contributed by atoms with Gasteiger partial charge in [-0.05, 0) is 38.8 Å². The number of amides is 2. The van der Waals surface area contributed by atoms with Gasteiger partial charge in [0.25, 0.3) is 0 Å². The summed E-state index contributed by atoms with van der Waals surface area (Å²) in [5.41, 5.74) is 0.590. The lowest BCUT2D eigenvalue weighted by atomic mass is 10.2. The van der Waals surface area contributed by atoms with Gasteiger partial charge < -0.3 is 20.1 Å². The van der Waals surface area contributed by atoms with E-state index in [1.54, 1.807) is 25.3 Å². The van der Waals surface area contributed by atoms with Crippen LogP contribution >= 0.6 is 0 Å². The fourth-order valence-corrected chi connectivity index (χ4v) is 2.20. The number of rotatable bonds is 11. The zero-order valence-electron chi connectivity index (χ0n) is 15.7. The van der Waals surface area contributed by atoms with Crippen LogP contribution in [0.2, 0.25) is 0 Å². The third kappa shape index (κ3) is 8.42. The molecule has 0 aliphatic rings. The fraction of sp³-hybridized carbons (Fsp3) is 0.579. The molecule has 0 atom stereocenters. The Labute approximate surface area is 150 Å². The molecule has 0 bridgehead atoms. The lowest BCUT2D eigenvalue weighted by molar-refractivity contribution is -0.121. The van der Waals surface area contributed by atoms with E-state index >= 15 is 0 Å². The summed E-state index contributed by atoms with van der Waals surface area (Å²) in [4.78, 5) is 23.8.